The second-order valence-electron chi connectivity index (χ2n) is 11.0. The number of fused-ring (bicyclic) bond motifs is 2. The van der Waals surface area contributed by atoms with Gasteiger partial charge in [-0.25, -0.2) is 0 Å². The monoisotopic (exact) mass is 625 g/mol. The molecule has 3 aromatic rings. The van der Waals surface area contributed by atoms with Crippen molar-refractivity contribution < 1.29 is 18.9 Å². The average molecular weight is 628 g/mol. The van der Waals surface area contributed by atoms with Gasteiger partial charge in [-0.15, -0.1) is 24.8 Å². The standard InChI is InChI=1S/2C13H15.C7H7.2ClH.H2Si.Zr/c2*1-4-11-6-5-10(3)12-7-9(2)8-13(11)12;1-7-5-3-2-4-6-7;;;;/h2*5-8H,4H2,1-3H3;2-6H,1H2;2*1H;1H2;. The van der Waals surface area contributed by atoms with Crippen molar-refractivity contribution in [1.29, 1.82) is 0 Å². The summed E-state index contributed by atoms with van der Waals surface area (Å²) in [6.45, 7) is 16.7. The van der Waals surface area contributed by atoms with Gasteiger partial charge >= 0.3 is 219 Å². The third kappa shape index (κ3) is 5.09. The number of allylic oxidation sites excluding steroid dienone is 2. The fraction of sp³-hybridized carbons (Fsp3) is 0.333. The van der Waals surface area contributed by atoms with Crippen LogP contribution in [0.1, 0.15) is 85.0 Å². The van der Waals surface area contributed by atoms with Crippen LogP contribution in [-0.4, -0.2) is 6.88 Å². The molecule has 5 rings (SSSR count). The van der Waals surface area contributed by atoms with Gasteiger partial charge < -0.3 is 0 Å². The van der Waals surface area contributed by atoms with Gasteiger partial charge in [-0.1, -0.05) is 0 Å². The van der Waals surface area contributed by atoms with Crippen molar-refractivity contribution >= 4 is 43.8 Å². The Hall–Kier alpha value is -1.18. The van der Waals surface area contributed by atoms with Crippen LogP contribution in [0.3, 0.4) is 0 Å². The van der Waals surface area contributed by atoms with E-state index >= 15 is 0 Å². The van der Waals surface area contributed by atoms with Gasteiger partial charge in [0.1, 0.15) is 0 Å². The smallest absolute Gasteiger partial charge is 0.147 e. The van der Waals surface area contributed by atoms with E-state index in [0.717, 1.165) is 12.8 Å². The summed E-state index contributed by atoms with van der Waals surface area (Å²) in [7, 11) is 0. The number of hydrogen-bond donors (Lipinski definition) is 0. The Bertz CT molecular complexity index is 1330. The molecule has 0 radical (unpaired) electrons. The molecule has 195 valence electrons. The predicted octanol–water partition coefficient (Wildman–Crippen LogP) is 8.79. The van der Waals surface area contributed by atoms with E-state index in [1.54, 1.807) is 33.4 Å². The molecule has 0 saturated heterocycles. The molecular weight excluding hydrogens is 587 g/mol. The minimum Gasteiger partial charge on any atom is -0.147 e. The van der Waals surface area contributed by atoms with Crippen molar-refractivity contribution in [2.45, 2.75) is 65.8 Å². The number of hydrogen-bond acceptors (Lipinski definition) is 0. The molecule has 2 aliphatic carbocycles. The Morgan fingerprint density at radius 1 is 0.649 bits per heavy atom. The normalized spacial score (nSPS) is 19.1. The molecule has 0 aromatic heterocycles. The van der Waals surface area contributed by atoms with E-state index in [4.69, 9.17) is 0 Å². The Morgan fingerprint density at radius 3 is 1.49 bits per heavy atom. The molecule has 2 aliphatic rings. The molecule has 0 spiro atoms. The third-order valence-electron chi connectivity index (χ3n) is 8.71. The molecule has 37 heavy (non-hydrogen) atoms. The van der Waals surface area contributed by atoms with Crippen LogP contribution in [0.5, 0.6) is 0 Å². The largest absolute Gasteiger partial charge is 0.147 e. The number of halogens is 2. The van der Waals surface area contributed by atoms with E-state index in [-0.39, 0.29) is 24.8 Å². The molecule has 0 saturated carbocycles. The number of rotatable bonds is 6. The maximum absolute atomic E-state index is 3.04. The Kier molecular flexibility index (Phi) is 9.78. The maximum Gasteiger partial charge on any atom is -0.147 e. The maximum atomic E-state index is 2.57. The first-order valence-electron chi connectivity index (χ1n) is 13.3. The second-order valence-corrected chi connectivity index (χ2v) is 28.5. The van der Waals surface area contributed by atoms with Crippen LogP contribution in [0.25, 0.3) is 12.2 Å². The van der Waals surface area contributed by atoms with E-state index < -0.39 is 18.9 Å². The van der Waals surface area contributed by atoms with Crippen LogP contribution in [0.15, 0.2) is 65.7 Å². The molecule has 0 N–H and O–H groups in total. The van der Waals surface area contributed by atoms with Crippen LogP contribution in [0.2, 0.25) is 0 Å². The van der Waals surface area contributed by atoms with Crippen molar-refractivity contribution in [1.82, 2.24) is 0 Å². The molecule has 0 fully saturated rings. The zero-order valence-electron chi connectivity index (χ0n) is 23.2. The Balaban J connectivity index is 0.00000190. The topological polar surface area (TPSA) is 0 Å². The predicted molar refractivity (Wildman–Crippen MR) is 167 cm³/mol. The van der Waals surface area contributed by atoms with Crippen LogP contribution in [-0.2, 0) is 35.9 Å². The SMILES string of the molecule is CCc1ccc(C)c2c1C=C(C)[CH]2[Zr](=[SiH2])([CH2]c1ccccc1)[CH]1C(C)=Cc2c(CC)ccc(C)c21.Cl.Cl. The molecule has 2 unspecified atom stereocenters. The summed E-state index contributed by atoms with van der Waals surface area (Å²) in [6, 6.07) is 21.0. The number of benzene rings is 3. The summed E-state index contributed by atoms with van der Waals surface area (Å²) < 4.78 is 2.52. The first-order chi connectivity index (χ1) is 16.8. The molecule has 2 atom stereocenters. The molecular formula is C33H41Cl2SiZr. The van der Waals surface area contributed by atoms with Crippen LogP contribution in [0, 0.1) is 13.8 Å². The van der Waals surface area contributed by atoms with Gasteiger partial charge in [-0.05, 0) is 0 Å². The fourth-order valence-corrected chi connectivity index (χ4v) is 29.0. The third-order valence-corrected chi connectivity index (χ3v) is 27.0. The second kappa shape index (κ2) is 11.9. The first-order valence-corrected chi connectivity index (χ1v) is 23.8. The Labute approximate surface area is 242 Å². The summed E-state index contributed by atoms with van der Waals surface area (Å²) in [6.07, 6.45) is 7.36. The average Bonchev–Trinajstić information content (AvgIpc) is 3.39. The van der Waals surface area contributed by atoms with Gasteiger partial charge in [-0.2, -0.15) is 0 Å². The van der Waals surface area contributed by atoms with Gasteiger partial charge in [0, 0.05) is 0 Å². The van der Waals surface area contributed by atoms with Gasteiger partial charge in [0.05, 0.1) is 0 Å². The quantitative estimate of drug-likeness (QED) is 0.240. The molecule has 4 heteroatoms. The van der Waals surface area contributed by atoms with Crippen LogP contribution >= 0.6 is 24.8 Å². The molecule has 0 heterocycles. The minimum atomic E-state index is -3.04. The molecule has 0 amide bonds. The van der Waals surface area contributed by atoms with Gasteiger partial charge in [-0.3, -0.25) is 0 Å². The van der Waals surface area contributed by atoms with E-state index in [1.165, 1.54) is 31.9 Å². The summed E-state index contributed by atoms with van der Waals surface area (Å²) in [5.41, 5.74) is 17.3. The van der Waals surface area contributed by atoms with Crippen molar-refractivity contribution in [3.63, 3.8) is 0 Å². The van der Waals surface area contributed by atoms with E-state index in [2.05, 4.69) is 115 Å². The van der Waals surface area contributed by atoms with Gasteiger partial charge in [0.2, 0.25) is 0 Å². The minimum absolute atomic E-state index is 0. The van der Waals surface area contributed by atoms with Crippen molar-refractivity contribution in [2.75, 3.05) is 0 Å². The molecule has 0 nitrogen and oxygen atoms in total. The Morgan fingerprint density at radius 2 is 1.08 bits per heavy atom. The first kappa shape index (κ1) is 30.4. The molecule has 0 bridgehead atoms. The van der Waals surface area contributed by atoms with Crippen LogP contribution in [0.4, 0.5) is 0 Å². The summed E-state index contributed by atoms with van der Waals surface area (Å²) in [5, 5.41) is 0. The van der Waals surface area contributed by atoms with Crippen molar-refractivity contribution in [3.8, 4) is 0 Å². The van der Waals surface area contributed by atoms with Gasteiger partial charge in [0.15, 0.2) is 0 Å². The molecule has 3 aromatic carbocycles. The summed E-state index contributed by atoms with van der Waals surface area (Å²) in [5.74, 6) is 0. The fourth-order valence-electron chi connectivity index (χ4n) is 7.21. The molecule has 0 aliphatic heterocycles. The van der Waals surface area contributed by atoms with E-state index in [9.17, 15) is 0 Å². The van der Waals surface area contributed by atoms with Crippen LogP contribution < -0.4 is 0 Å². The van der Waals surface area contributed by atoms with Crippen molar-refractivity contribution in [3.05, 3.63) is 116 Å². The van der Waals surface area contributed by atoms with Crippen molar-refractivity contribution in [2.24, 2.45) is 0 Å². The van der Waals surface area contributed by atoms with E-state index in [1.807, 2.05) is 0 Å². The zero-order valence-corrected chi connectivity index (χ0v) is 28.7. The van der Waals surface area contributed by atoms with Gasteiger partial charge in [0.25, 0.3) is 0 Å². The zero-order chi connectivity index (χ0) is 24.9. The summed E-state index contributed by atoms with van der Waals surface area (Å²) >= 11 is -3.04. The summed E-state index contributed by atoms with van der Waals surface area (Å²) in [4.78, 5) is 0. The number of aryl methyl sites for hydroxylation is 4. The van der Waals surface area contributed by atoms with E-state index in [0.29, 0.717) is 7.25 Å².